The first kappa shape index (κ1) is 12.5. The Morgan fingerprint density at radius 3 is 2.38 bits per heavy atom. The maximum absolute atomic E-state index is 5.89. The zero-order chi connectivity index (χ0) is 10.1. The van der Waals surface area contributed by atoms with Crippen LogP contribution in [-0.4, -0.2) is 30.6 Å². The molecule has 76 valence electrons. The largest absolute Gasteiger partial charge is 0.327 e. The van der Waals surface area contributed by atoms with E-state index in [0.29, 0.717) is 0 Å². The van der Waals surface area contributed by atoms with Crippen LogP contribution >= 0.6 is 0 Å². The quantitative estimate of drug-likeness (QED) is 0.630. The molecule has 0 fully saturated rings. The van der Waals surface area contributed by atoms with Gasteiger partial charge in [0.15, 0.2) is 0 Å². The van der Waals surface area contributed by atoms with Gasteiger partial charge >= 0.3 is 0 Å². The van der Waals surface area contributed by atoms with Gasteiger partial charge in [0.25, 0.3) is 0 Å². The summed E-state index contributed by atoms with van der Waals surface area (Å²) < 4.78 is 0. The maximum Gasteiger partial charge on any atom is 0.0241 e. The van der Waals surface area contributed by atoms with Crippen LogP contribution in [0.2, 0.25) is 0 Å². The lowest BCUT2D eigenvalue weighted by molar-refractivity contribution is 0.290. The highest BCUT2D eigenvalue weighted by atomic mass is 15.1. The number of rotatable bonds is 6. The van der Waals surface area contributed by atoms with Gasteiger partial charge in [0, 0.05) is 12.5 Å². The van der Waals surface area contributed by atoms with Crippen molar-refractivity contribution >= 4 is 0 Å². The van der Waals surface area contributed by atoms with Gasteiger partial charge in [-0.3, -0.25) is 0 Å². The second-order valence-corrected chi connectivity index (χ2v) is 3.21. The Labute approximate surface area is 82.5 Å². The van der Waals surface area contributed by atoms with E-state index in [0.717, 1.165) is 32.5 Å². The molecule has 0 aliphatic rings. The van der Waals surface area contributed by atoms with Gasteiger partial charge in [0.1, 0.15) is 0 Å². The molecule has 0 saturated heterocycles. The van der Waals surface area contributed by atoms with Gasteiger partial charge in [-0.15, -0.1) is 11.8 Å². The lowest BCUT2D eigenvalue weighted by Crippen LogP contribution is -2.30. The van der Waals surface area contributed by atoms with Crippen molar-refractivity contribution < 1.29 is 0 Å². The lowest BCUT2D eigenvalue weighted by atomic mass is 10.1. The molecular formula is C11H22N2. The van der Waals surface area contributed by atoms with Crippen molar-refractivity contribution in [1.29, 1.82) is 0 Å². The molecule has 0 radical (unpaired) electrons. The Hall–Kier alpha value is -0.520. The summed E-state index contributed by atoms with van der Waals surface area (Å²) in [5.41, 5.74) is 5.89. The molecule has 2 heteroatoms. The predicted octanol–water partition coefficient (Wildman–Crippen LogP) is 1.46. The van der Waals surface area contributed by atoms with E-state index in [1.807, 2.05) is 6.92 Å². The van der Waals surface area contributed by atoms with E-state index < -0.39 is 0 Å². The van der Waals surface area contributed by atoms with E-state index in [-0.39, 0.29) is 6.04 Å². The second-order valence-electron chi connectivity index (χ2n) is 3.21. The van der Waals surface area contributed by atoms with Gasteiger partial charge in [0.05, 0.1) is 0 Å². The summed E-state index contributed by atoms with van der Waals surface area (Å²) >= 11 is 0. The standard InChI is InChI=1S/C11H22N2/c1-4-7-8-11(12)9-10-13(5-2)6-3/h11H,5-6,8-10,12H2,1-3H3. The summed E-state index contributed by atoms with van der Waals surface area (Å²) in [5, 5.41) is 0. The van der Waals surface area contributed by atoms with E-state index in [4.69, 9.17) is 5.73 Å². The zero-order valence-corrected chi connectivity index (χ0v) is 9.14. The lowest BCUT2D eigenvalue weighted by Gasteiger charge is -2.19. The SMILES string of the molecule is CC#CCC(N)CCN(CC)CC. The smallest absolute Gasteiger partial charge is 0.0241 e. The van der Waals surface area contributed by atoms with Crippen molar-refractivity contribution in [3.05, 3.63) is 0 Å². The molecule has 13 heavy (non-hydrogen) atoms. The fraction of sp³-hybridized carbons (Fsp3) is 0.818. The molecule has 0 aliphatic heterocycles. The zero-order valence-electron chi connectivity index (χ0n) is 9.14. The van der Waals surface area contributed by atoms with Crippen molar-refractivity contribution in [3.8, 4) is 11.8 Å². The molecule has 0 aliphatic carbocycles. The number of hydrogen-bond donors (Lipinski definition) is 1. The summed E-state index contributed by atoms with van der Waals surface area (Å²) in [6.45, 7) is 9.55. The molecule has 0 saturated carbocycles. The highest BCUT2D eigenvalue weighted by molar-refractivity contribution is 4.97. The number of nitrogens with zero attached hydrogens (tertiary/aromatic N) is 1. The highest BCUT2D eigenvalue weighted by Gasteiger charge is 2.03. The van der Waals surface area contributed by atoms with Crippen LogP contribution in [-0.2, 0) is 0 Å². The van der Waals surface area contributed by atoms with Gasteiger partial charge in [-0.05, 0) is 33.0 Å². The minimum atomic E-state index is 0.244. The van der Waals surface area contributed by atoms with Crippen LogP contribution in [0.1, 0.15) is 33.6 Å². The van der Waals surface area contributed by atoms with Crippen molar-refractivity contribution in [2.24, 2.45) is 5.73 Å². The van der Waals surface area contributed by atoms with E-state index in [1.165, 1.54) is 0 Å². The summed E-state index contributed by atoms with van der Waals surface area (Å²) in [7, 11) is 0. The summed E-state index contributed by atoms with van der Waals surface area (Å²) in [5.74, 6) is 5.88. The van der Waals surface area contributed by atoms with Crippen molar-refractivity contribution in [1.82, 2.24) is 4.90 Å². The first-order chi connectivity index (χ1) is 6.24. The van der Waals surface area contributed by atoms with E-state index in [1.54, 1.807) is 0 Å². The Balaban J connectivity index is 3.53. The van der Waals surface area contributed by atoms with E-state index in [2.05, 4.69) is 30.6 Å². The topological polar surface area (TPSA) is 29.3 Å². The monoisotopic (exact) mass is 182 g/mol. The van der Waals surface area contributed by atoms with Gasteiger partial charge < -0.3 is 10.6 Å². The third-order valence-electron chi connectivity index (χ3n) is 2.25. The first-order valence-corrected chi connectivity index (χ1v) is 5.12. The van der Waals surface area contributed by atoms with Crippen molar-refractivity contribution in [3.63, 3.8) is 0 Å². The average molecular weight is 182 g/mol. The van der Waals surface area contributed by atoms with Gasteiger partial charge in [-0.1, -0.05) is 13.8 Å². The molecule has 1 unspecified atom stereocenters. The molecule has 0 aromatic carbocycles. The van der Waals surface area contributed by atoms with Crippen molar-refractivity contribution in [2.75, 3.05) is 19.6 Å². The van der Waals surface area contributed by atoms with Crippen LogP contribution in [0.25, 0.3) is 0 Å². The Bertz CT molecular complexity index is 163. The van der Waals surface area contributed by atoms with Crippen LogP contribution in [0.4, 0.5) is 0 Å². The fourth-order valence-electron chi connectivity index (χ4n) is 1.22. The predicted molar refractivity (Wildman–Crippen MR) is 58.4 cm³/mol. The average Bonchev–Trinajstić information content (AvgIpc) is 2.16. The number of nitrogens with two attached hydrogens (primary N) is 1. The summed E-state index contributed by atoms with van der Waals surface area (Å²) in [4.78, 5) is 2.39. The summed E-state index contributed by atoms with van der Waals surface area (Å²) in [6.07, 6.45) is 1.88. The van der Waals surface area contributed by atoms with Crippen LogP contribution in [0, 0.1) is 11.8 Å². The van der Waals surface area contributed by atoms with E-state index in [9.17, 15) is 0 Å². The van der Waals surface area contributed by atoms with Crippen LogP contribution in [0.15, 0.2) is 0 Å². The Morgan fingerprint density at radius 1 is 1.31 bits per heavy atom. The molecule has 0 bridgehead atoms. The maximum atomic E-state index is 5.89. The fourth-order valence-corrected chi connectivity index (χ4v) is 1.22. The van der Waals surface area contributed by atoms with Gasteiger partial charge in [-0.25, -0.2) is 0 Å². The van der Waals surface area contributed by atoms with Gasteiger partial charge in [0.2, 0.25) is 0 Å². The van der Waals surface area contributed by atoms with Crippen LogP contribution in [0.3, 0.4) is 0 Å². The Kier molecular flexibility index (Phi) is 7.77. The van der Waals surface area contributed by atoms with Crippen molar-refractivity contribution in [2.45, 2.75) is 39.7 Å². The minimum Gasteiger partial charge on any atom is -0.327 e. The third kappa shape index (κ3) is 6.62. The van der Waals surface area contributed by atoms with Crippen LogP contribution in [0.5, 0.6) is 0 Å². The van der Waals surface area contributed by atoms with Gasteiger partial charge in [-0.2, -0.15) is 0 Å². The third-order valence-corrected chi connectivity index (χ3v) is 2.25. The normalized spacial score (nSPS) is 12.4. The van der Waals surface area contributed by atoms with Crippen LogP contribution < -0.4 is 5.73 Å². The molecule has 0 aromatic rings. The molecule has 2 nitrogen and oxygen atoms in total. The molecule has 0 amide bonds. The molecule has 0 heterocycles. The van der Waals surface area contributed by atoms with E-state index >= 15 is 0 Å². The Morgan fingerprint density at radius 2 is 1.92 bits per heavy atom. The molecular weight excluding hydrogens is 160 g/mol. The minimum absolute atomic E-state index is 0.244. The number of hydrogen-bond acceptors (Lipinski definition) is 2. The molecule has 2 N–H and O–H groups in total. The molecule has 0 rings (SSSR count). The second kappa shape index (κ2) is 8.10. The first-order valence-electron chi connectivity index (χ1n) is 5.12. The summed E-state index contributed by atoms with van der Waals surface area (Å²) in [6, 6.07) is 0.244. The molecule has 1 atom stereocenters. The molecule has 0 spiro atoms. The highest BCUT2D eigenvalue weighted by Crippen LogP contribution is 1.97. The molecule has 0 aromatic heterocycles.